The van der Waals surface area contributed by atoms with E-state index in [1.165, 1.54) is 23.2 Å². The summed E-state index contributed by atoms with van der Waals surface area (Å²) in [5.74, 6) is 1.41. The van der Waals surface area contributed by atoms with Gasteiger partial charge in [0.1, 0.15) is 29.6 Å². The van der Waals surface area contributed by atoms with E-state index in [2.05, 4.69) is 40.9 Å². The monoisotopic (exact) mass is 958 g/mol. The van der Waals surface area contributed by atoms with E-state index in [9.17, 15) is 23.9 Å². The molecule has 2 aliphatic heterocycles. The van der Waals surface area contributed by atoms with Crippen molar-refractivity contribution in [3.63, 3.8) is 0 Å². The van der Waals surface area contributed by atoms with Crippen molar-refractivity contribution in [3.05, 3.63) is 132 Å². The van der Waals surface area contributed by atoms with Crippen LogP contribution < -0.4 is 10.6 Å². The van der Waals surface area contributed by atoms with Crippen LogP contribution in [0.4, 0.5) is 5.69 Å². The van der Waals surface area contributed by atoms with Crippen LogP contribution in [-0.4, -0.2) is 122 Å². The molecule has 0 bridgehead atoms. The fourth-order valence-corrected chi connectivity index (χ4v) is 7.96. The summed E-state index contributed by atoms with van der Waals surface area (Å²) >= 11 is 0. The van der Waals surface area contributed by atoms with Gasteiger partial charge in [0.25, 0.3) is 11.8 Å². The summed E-state index contributed by atoms with van der Waals surface area (Å²) in [6.07, 6.45) is 6.91. The summed E-state index contributed by atoms with van der Waals surface area (Å²) in [5.41, 5.74) is 3.47. The zero-order valence-electron chi connectivity index (χ0n) is 39.4. The van der Waals surface area contributed by atoms with E-state index < -0.39 is 18.0 Å². The van der Waals surface area contributed by atoms with Crippen LogP contribution >= 0.6 is 0 Å². The molecule has 2 fully saturated rings. The number of anilines is 1. The number of hydrogen-bond acceptors (Lipinski definition) is 15. The molecule has 7 aromatic rings. The van der Waals surface area contributed by atoms with Gasteiger partial charge in [-0.1, -0.05) is 41.6 Å². The normalized spacial score (nSPS) is 16.5. The van der Waals surface area contributed by atoms with Gasteiger partial charge in [0.15, 0.2) is 0 Å². The number of likely N-dealkylation sites (tertiary alicyclic amines) is 2. The molecule has 0 saturated carbocycles. The number of aliphatic imine (C=N–C) groups is 2. The SMILES string of the molecule is Cc1cc2cc(NC(=N[C@H]3CCCCN(Cc4nc(-c5ccccc5)no4)C3=O)NC(=O)c3ccc(C(=O)N(C)C)nc3)ccc2o1.O=BC=NC1CCCCN(Cc2nc(-c3ccccc3)no2)C1=O. The molecule has 1 unspecified atom stereocenters. The van der Waals surface area contributed by atoms with Crippen LogP contribution in [0.3, 0.4) is 0 Å². The summed E-state index contributed by atoms with van der Waals surface area (Å²) in [6, 6.07) is 28.1. The van der Waals surface area contributed by atoms with Gasteiger partial charge in [0.2, 0.25) is 23.6 Å². The summed E-state index contributed by atoms with van der Waals surface area (Å²) in [6.45, 7) is 3.38. The summed E-state index contributed by atoms with van der Waals surface area (Å²) < 4.78 is 26.9. The maximum atomic E-state index is 13.8. The number of hydrogen-bond donors (Lipinski definition) is 2. The second kappa shape index (κ2) is 23.2. The van der Waals surface area contributed by atoms with Crippen LogP contribution in [0.1, 0.15) is 76.9 Å². The molecule has 2 atom stereocenters. The number of furan rings is 1. The van der Waals surface area contributed by atoms with Crippen LogP contribution in [0, 0.1) is 6.92 Å². The van der Waals surface area contributed by atoms with Gasteiger partial charge < -0.3 is 24.1 Å². The predicted molar refractivity (Wildman–Crippen MR) is 262 cm³/mol. The fraction of sp³-hybridized carbons (Fsp3) is 0.300. The van der Waals surface area contributed by atoms with Crippen molar-refractivity contribution < 1.29 is 37.3 Å². The first kappa shape index (κ1) is 49.0. The van der Waals surface area contributed by atoms with Crippen molar-refractivity contribution in [1.29, 1.82) is 0 Å². The van der Waals surface area contributed by atoms with Crippen molar-refractivity contribution >= 4 is 59.5 Å². The Morgan fingerprint density at radius 2 is 1.39 bits per heavy atom. The fourth-order valence-electron chi connectivity index (χ4n) is 7.96. The number of benzene rings is 3. The summed E-state index contributed by atoms with van der Waals surface area (Å²) in [5, 5.41) is 14.9. The number of nitrogens with zero attached hydrogens (tertiary/aromatic N) is 10. The van der Waals surface area contributed by atoms with Crippen molar-refractivity contribution in [2.45, 2.75) is 70.6 Å². The number of pyridine rings is 1. The Balaban J connectivity index is 0.000000236. The molecule has 2 saturated heterocycles. The number of aryl methyl sites for hydroxylation is 1. The molecule has 9 rings (SSSR count). The van der Waals surface area contributed by atoms with E-state index in [0.29, 0.717) is 62.2 Å². The molecule has 0 aliphatic carbocycles. The number of fused-ring (bicyclic) bond motifs is 1. The van der Waals surface area contributed by atoms with Gasteiger partial charge in [0.05, 0.1) is 5.56 Å². The number of rotatable bonds is 12. The molecule has 71 heavy (non-hydrogen) atoms. The Morgan fingerprint density at radius 1 is 0.789 bits per heavy atom. The Morgan fingerprint density at radius 3 is 1.97 bits per heavy atom. The quantitative estimate of drug-likeness (QED) is 0.0769. The molecule has 2 N–H and O–H groups in total. The van der Waals surface area contributed by atoms with E-state index >= 15 is 0 Å². The van der Waals surface area contributed by atoms with Crippen molar-refractivity contribution in [3.8, 4) is 22.8 Å². The minimum atomic E-state index is -0.782. The molecule has 20 nitrogen and oxygen atoms in total. The van der Waals surface area contributed by atoms with Crippen LogP contribution in [-0.2, 0) is 27.4 Å². The van der Waals surface area contributed by atoms with Gasteiger partial charge in [0, 0.05) is 43.5 Å². The third kappa shape index (κ3) is 12.8. The standard InChI is InChI=1S/C34H34N8O5.C16H17BN4O3/c1-21-17-24-18-25(13-15-28(24)46-21)36-34(39-31(43)23-12-14-26(35-19-23)32(44)41(2)3)37-27-11-7-8-16-42(33(27)45)20-29-38-30(40-47-29)22-9-5-4-6-10-22;22-16-13(18-11-17-23)8-4-5-9-21(16)10-14-19-15(20-24-14)12-6-2-1-3-7-12/h4-6,9-10,12-15,17-19,27H,7-8,11,16,20H2,1-3H3,(H2,36,37,39,43);1-3,6-7,11,13H,4-5,8-10H2/t27-;/m0./s1. The molecule has 0 radical (unpaired) electrons. The first-order valence-corrected chi connectivity index (χ1v) is 23.2. The number of carbonyl (C=O) groups excluding carboxylic acids is 4. The minimum absolute atomic E-state index is 0.0902. The molecule has 362 valence electrons. The van der Waals surface area contributed by atoms with E-state index in [0.717, 1.165) is 59.7 Å². The average Bonchev–Trinajstić information content (AvgIpc) is 4.10. The third-order valence-corrected chi connectivity index (χ3v) is 11.6. The maximum absolute atomic E-state index is 13.8. The first-order chi connectivity index (χ1) is 34.5. The van der Waals surface area contributed by atoms with Crippen LogP contribution in [0.15, 0.2) is 127 Å². The van der Waals surface area contributed by atoms with Crippen LogP contribution in [0.5, 0.6) is 0 Å². The van der Waals surface area contributed by atoms with Gasteiger partial charge >= 0.3 is 133 Å². The van der Waals surface area contributed by atoms with Gasteiger partial charge in [-0.3, -0.25) is 24.7 Å². The van der Waals surface area contributed by atoms with Crippen LogP contribution in [0.25, 0.3) is 33.7 Å². The zero-order chi connectivity index (χ0) is 49.7. The summed E-state index contributed by atoms with van der Waals surface area (Å²) in [7, 11) is 3.84. The number of nitrogens with one attached hydrogen (secondary N) is 2. The van der Waals surface area contributed by atoms with E-state index in [1.54, 1.807) is 30.0 Å². The number of amides is 4. The molecular formula is C50H51BN12O8. The van der Waals surface area contributed by atoms with E-state index in [4.69, 9.17) is 18.5 Å². The van der Waals surface area contributed by atoms with Gasteiger partial charge in [-0.05, 0) is 62.6 Å². The Kier molecular flexibility index (Phi) is 16.0. The molecule has 21 heteroatoms. The number of guanidine groups is 1. The van der Waals surface area contributed by atoms with E-state index in [-0.39, 0.29) is 48.0 Å². The van der Waals surface area contributed by atoms with Crippen molar-refractivity contribution in [2.24, 2.45) is 9.98 Å². The second-order valence-corrected chi connectivity index (χ2v) is 17.0. The summed E-state index contributed by atoms with van der Waals surface area (Å²) in [4.78, 5) is 78.6. The zero-order valence-corrected chi connectivity index (χ0v) is 39.4. The number of carbonyl (C=O) groups is 4. The molecule has 0 spiro atoms. The molecular weight excluding hydrogens is 907 g/mol. The van der Waals surface area contributed by atoms with E-state index in [1.807, 2.05) is 85.8 Å². The first-order valence-electron chi connectivity index (χ1n) is 23.2. The average molecular weight is 959 g/mol. The molecule has 4 aromatic heterocycles. The predicted octanol–water partition coefficient (Wildman–Crippen LogP) is 6.36. The third-order valence-electron chi connectivity index (χ3n) is 11.6. The van der Waals surface area contributed by atoms with Crippen molar-refractivity contribution in [2.75, 3.05) is 32.5 Å². The Bertz CT molecular complexity index is 3030. The molecule has 6 heterocycles. The molecule has 2 aliphatic rings. The van der Waals surface area contributed by atoms with Gasteiger partial charge in [-0.15, -0.1) is 0 Å². The Labute approximate surface area is 408 Å². The topological polar surface area (TPSA) is 248 Å². The second-order valence-electron chi connectivity index (χ2n) is 17.0. The van der Waals surface area contributed by atoms with Gasteiger partial charge in [-0.2, -0.15) is 4.98 Å². The molecule has 3 aromatic carbocycles. The Hall–Kier alpha value is -8.49. The van der Waals surface area contributed by atoms with Gasteiger partial charge in [-0.25, -0.2) is 4.99 Å². The number of aromatic nitrogens is 5. The van der Waals surface area contributed by atoms with Crippen molar-refractivity contribution in [1.82, 2.24) is 45.3 Å². The van der Waals surface area contributed by atoms with Crippen LogP contribution in [0.2, 0.25) is 0 Å². The molecule has 4 amide bonds.